The van der Waals surface area contributed by atoms with E-state index in [9.17, 15) is 9.90 Å². The quantitative estimate of drug-likeness (QED) is 0.0196. The van der Waals surface area contributed by atoms with Gasteiger partial charge in [0.25, 0.3) is 0 Å². The number of phenols is 2. The third-order valence-corrected chi connectivity index (χ3v) is 27.1. The zero-order chi connectivity index (χ0) is 72.0. The second kappa shape index (κ2) is 48.0. The predicted octanol–water partition coefficient (Wildman–Crippen LogP) is 17.4. The Morgan fingerprint density at radius 2 is 0.871 bits per heavy atom. The molecule has 0 aliphatic carbocycles. The summed E-state index contributed by atoms with van der Waals surface area (Å²) in [7, 11) is 10.1. The second-order valence-corrected chi connectivity index (χ2v) is 33.8. The number of halogens is 1. The normalized spacial score (nSPS) is 16.1. The largest absolute Gasteiger partial charge is 0.508 e. The topological polar surface area (TPSA) is 189 Å². The molecule has 0 radical (unpaired) electrons. The molecule has 3 aliphatic rings. The van der Waals surface area contributed by atoms with Crippen LogP contribution in [0.25, 0.3) is 6.08 Å². The van der Waals surface area contributed by atoms with Crippen molar-refractivity contribution in [2.24, 2.45) is 0 Å². The van der Waals surface area contributed by atoms with Gasteiger partial charge in [0.2, 0.25) is 0 Å². The van der Waals surface area contributed by atoms with Gasteiger partial charge in [0.15, 0.2) is 18.9 Å². The van der Waals surface area contributed by atoms with E-state index in [0.29, 0.717) is 13.0 Å². The fraction of sp³-hybridized carbons (Fsp3) is 0.458. The number of aldehydes is 1. The molecule has 0 aromatic heterocycles. The minimum atomic E-state index is -3.07. The first-order chi connectivity index (χ1) is 49.4. The predicted molar refractivity (Wildman–Crippen MR) is 411 cm³/mol. The third kappa shape index (κ3) is 28.3. The summed E-state index contributed by atoms with van der Waals surface area (Å²) in [4.78, 5) is 9.97. The smallest absolute Gasteiger partial charge is 0.157 e. The summed E-state index contributed by atoms with van der Waals surface area (Å²) in [5.74, 6) is 5.21. The monoisotopic (exact) mass is 1470 g/mol. The number of allylic oxidation sites excluding steroid dienone is 1. The van der Waals surface area contributed by atoms with E-state index in [1.54, 1.807) is 54.8 Å². The number of phenolic OH excluding ortho intramolecular Hbond substituents is 2. The molecule has 0 spiro atoms. The Labute approximate surface area is 609 Å². The molecular formula is C83H112BrO16P. The molecule has 3 saturated heterocycles. The van der Waals surface area contributed by atoms with Crippen LogP contribution in [-0.2, 0) is 52.2 Å². The van der Waals surface area contributed by atoms with E-state index < -0.39 is 5.31 Å². The van der Waals surface area contributed by atoms with Crippen LogP contribution in [0, 0.1) is 0 Å². The van der Waals surface area contributed by atoms with Crippen molar-refractivity contribution in [2.75, 3.05) is 88.9 Å². The number of hydrogen-bond donors (Lipinski definition) is 3. The zero-order valence-corrected chi connectivity index (χ0v) is 63.0. The number of carbonyl (C=O) groups excluding carboxylic acids is 1. The van der Waals surface area contributed by atoms with Gasteiger partial charge in [-0.1, -0.05) is 37.1 Å². The molecule has 3 fully saturated rings. The van der Waals surface area contributed by atoms with Gasteiger partial charge in [-0.15, -0.1) is 0 Å². The number of rotatable bonds is 34. The van der Waals surface area contributed by atoms with Crippen LogP contribution in [-0.4, -0.2) is 129 Å². The van der Waals surface area contributed by atoms with Crippen molar-refractivity contribution in [1.82, 2.24) is 0 Å². The van der Waals surface area contributed by atoms with Crippen LogP contribution in [0.3, 0.4) is 0 Å². The summed E-state index contributed by atoms with van der Waals surface area (Å²) in [6.45, 7) is 4.91. The number of aliphatic hydroxyl groups excluding tert-OH is 1. The molecule has 3 aliphatic heterocycles. The first-order valence-electron chi connectivity index (χ1n) is 35.9. The van der Waals surface area contributed by atoms with Gasteiger partial charge < -0.3 is 67.5 Å². The van der Waals surface area contributed by atoms with Crippen LogP contribution in [0.2, 0.25) is 0 Å². The fourth-order valence-corrected chi connectivity index (χ4v) is 19.6. The Balaban J connectivity index is 0.000000207. The Bertz CT molecular complexity index is 3280. The van der Waals surface area contributed by atoms with Crippen LogP contribution in [0.15, 0.2) is 170 Å². The van der Waals surface area contributed by atoms with Crippen LogP contribution in [0.1, 0.15) is 144 Å². The molecule has 0 saturated carbocycles. The first kappa shape index (κ1) is 82.9. The second-order valence-electron chi connectivity index (χ2n) is 24.8. The van der Waals surface area contributed by atoms with Crippen molar-refractivity contribution in [1.29, 1.82) is 0 Å². The molecule has 552 valence electrons. The number of aliphatic hydroxyl groups is 1. The summed E-state index contributed by atoms with van der Waals surface area (Å²) < 4.78 is 65.8. The Hall–Kier alpha value is -7.02. The molecule has 3 atom stereocenters. The van der Waals surface area contributed by atoms with E-state index in [-0.39, 0.29) is 37.0 Å². The fourth-order valence-electron chi connectivity index (χ4n) is 12.0. The van der Waals surface area contributed by atoms with Gasteiger partial charge in [0, 0.05) is 63.2 Å². The average Bonchev–Trinajstić information content (AvgIpc) is 0.704. The number of aryl methyl sites for hydroxylation is 2. The summed E-state index contributed by atoms with van der Waals surface area (Å²) >= 11 is 4.50. The van der Waals surface area contributed by atoms with Gasteiger partial charge in [0.1, 0.15) is 40.8 Å². The van der Waals surface area contributed by atoms with Crippen LogP contribution in [0.5, 0.6) is 46.0 Å². The molecule has 0 bridgehead atoms. The van der Waals surface area contributed by atoms with Crippen molar-refractivity contribution in [3.05, 3.63) is 192 Å². The van der Waals surface area contributed by atoms with E-state index in [1.807, 2.05) is 42.5 Å². The molecular weight excluding hydrogens is 1360 g/mol. The maximum atomic E-state index is 9.97. The number of benzene rings is 7. The molecule has 18 heteroatoms. The standard InChI is InChI=1S/C27H26BrO2P.C18H28O4.C18H26O4.C11H16O3.C9H16O3/c1-29-23-19-18-22(27(20-23)30-2)21-31(28,24-12-6-3-7-13-24,25-14-8-4-9-15-25)26-16-10-5-11-17-26;2*1-19-16-11-10-15(17(14-16)20-2)8-4-3-6-12-21-18-9-5-7-13-22-18;12-7-3-1-2-4-9-5-6-10(13)8-11(9)14;10-6-2-4-8-12-9-5-1-3-7-11-9/h3-20H,21H2,1-2H3;10-11,14,18H,3-9,12-13H2,1-2H3;4,8,10-11,14,18H,3,5-7,9,12-13H2,1-2H3;5-6,8,12-14H,1-4,7H2;6,9H,1-5,7-8H2. The van der Waals surface area contributed by atoms with Gasteiger partial charge in [-0.2, -0.15) is 0 Å². The van der Waals surface area contributed by atoms with E-state index in [0.717, 1.165) is 199 Å². The number of aromatic hydroxyl groups is 2. The summed E-state index contributed by atoms with van der Waals surface area (Å²) in [5, 5.41) is 27.8. The number of methoxy groups -OCH3 is 6. The summed E-state index contributed by atoms with van der Waals surface area (Å²) in [5.41, 5.74) is 4.27. The van der Waals surface area contributed by atoms with Gasteiger partial charge in [-0.3, -0.25) is 0 Å². The minimum Gasteiger partial charge on any atom is -0.508 e. The van der Waals surface area contributed by atoms with Crippen molar-refractivity contribution < 1.29 is 77.0 Å². The molecule has 101 heavy (non-hydrogen) atoms. The Morgan fingerprint density at radius 3 is 1.32 bits per heavy atom. The maximum absolute atomic E-state index is 9.97. The van der Waals surface area contributed by atoms with Gasteiger partial charge in [-0.25, -0.2) is 0 Å². The number of carbonyl (C=O) groups is 1. The molecule has 0 amide bonds. The minimum absolute atomic E-state index is 0.00889. The summed E-state index contributed by atoms with van der Waals surface area (Å²) in [6, 6.07) is 54.9. The maximum Gasteiger partial charge on any atom is 0.157 e. The number of unbranched alkanes of at least 4 members (excludes halogenated alkanes) is 6. The molecule has 3 N–H and O–H groups in total. The molecule has 7 aromatic rings. The van der Waals surface area contributed by atoms with Crippen LogP contribution >= 0.6 is 20.8 Å². The van der Waals surface area contributed by atoms with Gasteiger partial charge in [0.05, 0.1) is 41.7 Å². The average molecular weight is 1480 g/mol. The van der Waals surface area contributed by atoms with Crippen molar-refractivity contribution in [3.63, 3.8) is 0 Å². The van der Waals surface area contributed by atoms with E-state index in [4.69, 9.17) is 67.1 Å². The Kier molecular flexibility index (Phi) is 39.4. The molecule has 3 heterocycles. The number of ether oxygens (including phenoxy) is 12. The SMILES string of the molecule is COc1ccc(C=CCCCOC2CCCCO2)c(OC)c1.COc1ccc(CCCCCOC2CCCCO2)c(OC)c1.COc1ccc(CP(Br)(c2ccccc2)(c2ccccc2)c2ccccc2)c(OC)c1.O=CCCCOC1CCCCO1.OCCCCCc1ccc(O)cc1O. The van der Waals surface area contributed by atoms with Crippen molar-refractivity contribution in [3.8, 4) is 46.0 Å². The van der Waals surface area contributed by atoms with E-state index in [2.05, 4.69) is 131 Å². The molecule has 10 rings (SSSR count). The first-order valence-corrected chi connectivity index (χ1v) is 40.3. The number of hydrogen-bond acceptors (Lipinski definition) is 16. The summed E-state index contributed by atoms with van der Waals surface area (Å²) in [6.07, 6.45) is 27.4. The molecule has 7 aromatic carbocycles. The molecule has 16 nitrogen and oxygen atoms in total. The van der Waals surface area contributed by atoms with Crippen molar-refractivity contribution >= 4 is 49.1 Å². The van der Waals surface area contributed by atoms with Gasteiger partial charge >= 0.3 is 193 Å². The van der Waals surface area contributed by atoms with Crippen LogP contribution < -0.4 is 44.3 Å². The third-order valence-electron chi connectivity index (χ3n) is 17.6. The van der Waals surface area contributed by atoms with E-state index >= 15 is 0 Å². The van der Waals surface area contributed by atoms with E-state index in [1.165, 1.54) is 53.2 Å². The van der Waals surface area contributed by atoms with Gasteiger partial charge in [-0.05, 0) is 151 Å². The van der Waals surface area contributed by atoms with Crippen LogP contribution in [0.4, 0.5) is 0 Å². The zero-order valence-electron chi connectivity index (χ0n) is 60.5. The Morgan fingerprint density at radius 1 is 0.446 bits per heavy atom. The molecule has 3 unspecified atom stereocenters. The van der Waals surface area contributed by atoms with Crippen molar-refractivity contribution in [2.45, 2.75) is 160 Å².